The van der Waals surface area contributed by atoms with E-state index in [1.807, 2.05) is 31.2 Å². The minimum atomic E-state index is -0.542. The summed E-state index contributed by atoms with van der Waals surface area (Å²) in [6.07, 6.45) is 0. The average Bonchev–Trinajstić information content (AvgIpc) is 2.55. The number of hydrogen-bond donors (Lipinski definition) is 2. The lowest BCUT2D eigenvalue weighted by Gasteiger charge is -2.33. The lowest BCUT2D eigenvalue weighted by Crippen LogP contribution is -2.26. The molecule has 0 fully saturated rings. The summed E-state index contributed by atoms with van der Waals surface area (Å²) in [5, 5.41) is 19.2. The van der Waals surface area contributed by atoms with Crippen molar-refractivity contribution in [2.45, 2.75) is 19.3 Å². The Labute approximate surface area is 140 Å². The number of halogens is 1. The molecule has 2 nitrogen and oxygen atoms in total. The van der Waals surface area contributed by atoms with Gasteiger partial charge < -0.3 is 10.2 Å². The molecule has 0 saturated carbocycles. The fraction of sp³-hybridized carbons (Fsp3) is 0.143. The van der Waals surface area contributed by atoms with Crippen LogP contribution in [0.25, 0.3) is 0 Å². The van der Waals surface area contributed by atoms with Crippen LogP contribution in [-0.2, 0) is 5.41 Å². The van der Waals surface area contributed by atoms with Crippen LogP contribution < -0.4 is 0 Å². The lowest BCUT2D eigenvalue weighted by molar-refractivity contribution is 0.474. The van der Waals surface area contributed by atoms with Gasteiger partial charge >= 0.3 is 0 Å². The van der Waals surface area contributed by atoms with Gasteiger partial charge in [0, 0.05) is 5.41 Å². The van der Waals surface area contributed by atoms with Crippen molar-refractivity contribution in [3.05, 3.63) is 94.8 Å². The maximum atomic E-state index is 13.6. The third kappa shape index (κ3) is 2.73. The van der Waals surface area contributed by atoms with Gasteiger partial charge in [-0.05, 0) is 72.5 Å². The van der Waals surface area contributed by atoms with E-state index < -0.39 is 5.41 Å². The van der Waals surface area contributed by atoms with Gasteiger partial charge in [0.25, 0.3) is 0 Å². The molecule has 0 radical (unpaired) electrons. The Morgan fingerprint density at radius 2 is 1.21 bits per heavy atom. The Balaban J connectivity index is 2.27. The predicted octanol–water partition coefficient (Wildman–Crippen LogP) is 4.90. The first kappa shape index (κ1) is 16.1. The van der Waals surface area contributed by atoms with E-state index in [1.165, 1.54) is 12.1 Å². The van der Waals surface area contributed by atoms with E-state index in [1.54, 1.807) is 30.3 Å². The Hall–Kier alpha value is -2.81. The van der Waals surface area contributed by atoms with E-state index in [9.17, 15) is 14.6 Å². The molecule has 0 spiro atoms. The quantitative estimate of drug-likeness (QED) is 0.673. The summed E-state index contributed by atoms with van der Waals surface area (Å²) in [5.74, 6) is 0.125. The number of aryl methyl sites for hydroxylation is 1. The van der Waals surface area contributed by atoms with E-state index in [0.29, 0.717) is 0 Å². The molecule has 122 valence electrons. The van der Waals surface area contributed by atoms with Crippen LogP contribution >= 0.6 is 0 Å². The van der Waals surface area contributed by atoms with E-state index >= 15 is 0 Å². The van der Waals surface area contributed by atoms with E-state index in [-0.39, 0.29) is 17.3 Å². The number of phenolic OH excluding ortho intramolecular Hbond substituents is 2. The SMILES string of the molecule is Cc1cc(F)ccc1C(C)(c1ccc(O)cc1)c1ccc(O)cc1. The molecule has 24 heavy (non-hydrogen) atoms. The number of phenols is 2. The first-order valence-corrected chi connectivity index (χ1v) is 7.77. The molecule has 0 heterocycles. The van der Waals surface area contributed by atoms with Gasteiger partial charge in [0.05, 0.1) is 0 Å². The van der Waals surface area contributed by atoms with Crippen LogP contribution in [0, 0.1) is 12.7 Å². The Kier molecular flexibility index (Phi) is 4.02. The van der Waals surface area contributed by atoms with Crippen LogP contribution in [0.2, 0.25) is 0 Å². The van der Waals surface area contributed by atoms with Gasteiger partial charge in [0.1, 0.15) is 17.3 Å². The van der Waals surface area contributed by atoms with Crippen molar-refractivity contribution in [2.75, 3.05) is 0 Å². The van der Waals surface area contributed by atoms with Gasteiger partial charge in [-0.3, -0.25) is 0 Å². The van der Waals surface area contributed by atoms with E-state index in [4.69, 9.17) is 0 Å². The van der Waals surface area contributed by atoms with Crippen molar-refractivity contribution >= 4 is 0 Å². The molecule has 0 aromatic heterocycles. The molecular weight excluding hydrogens is 303 g/mol. The van der Waals surface area contributed by atoms with Crippen LogP contribution in [0.15, 0.2) is 66.7 Å². The van der Waals surface area contributed by atoms with Crippen LogP contribution in [-0.4, -0.2) is 10.2 Å². The predicted molar refractivity (Wildman–Crippen MR) is 92.9 cm³/mol. The molecule has 0 aliphatic carbocycles. The van der Waals surface area contributed by atoms with Crippen LogP contribution in [0.5, 0.6) is 11.5 Å². The van der Waals surface area contributed by atoms with Crippen molar-refractivity contribution in [3.63, 3.8) is 0 Å². The van der Waals surface area contributed by atoms with Crippen molar-refractivity contribution in [1.82, 2.24) is 0 Å². The molecule has 2 N–H and O–H groups in total. The molecule has 3 rings (SSSR count). The summed E-state index contributed by atoms with van der Waals surface area (Å²) >= 11 is 0. The summed E-state index contributed by atoms with van der Waals surface area (Å²) in [7, 11) is 0. The van der Waals surface area contributed by atoms with Gasteiger partial charge in [-0.1, -0.05) is 30.3 Å². The minimum absolute atomic E-state index is 0.197. The smallest absolute Gasteiger partial charge is 0.123 e. The van der Waals surface area contributed by atoms with Gasteiger partial charge in [-0.15, -0.1) is 0 Å². The summed E-state index contributed by atoms with van der Waals surface area (Å²) in [5.41, 5.74) is 3.22. The Bertz CT molecular complexity index is 807. The topological polar surface area (TPSA) is 40.5 Å². The third-order valence-corrected chi connectivity index (χ3v) is 4.62. The normalized spacial score (nSPS) is 11.5. The zero-order valence-electron chi connectivity index (χ0n) is 13.6. The molecule has 0 unspecified atom stereocenters. The maximum Gasteiger partial charge on any atom is 0.123 e. The van der Waals surface area contributed by atoms with E-state index in [2.05, 4.69) is 6.92 Å². The summed E-state index contributed by atoms with van der Waals surface area (Å²) < 4.78 is 13.6. The Morgan fingerprint density at radius 1 is 0.750 bits per heavy atom. The molecule has 0 atom stereocenters. The monoisotopic (exact) mass is 322 g/mol. The maximum absolute atomic E-state index is 13.6. The lowest BCUT2D eigenvalue weighted by atomic mass is 9.70. The minimum Gasteiger partial charge on any atom is -0.508 e. The number of rotatable bonds is 3. The first-order chi connectivity index (χ1) is 11.4. The Morgan fingerprint density at radius 3 is 1.62 bits per heavy atom. The number of benzene rings is 3. The molecule has 0 saturated heterocycles. The third-order valence-electron chi connectivity index (χ3n) is 4.62. The summed E-state index contributed by atoms with van der Waals surface area (Å²) in [4.78, 5) is 0. The van der Waals surface area contributed by atoms with Crippen LogP contribution in [0.4, 0.5) is 4.39 Å². The second-order valence-corrected chi connectivity index (χ2v) is 6.18. The van der Waals surface area contributed by atoms with Gasteiger partial charge in [-0.2, -0.15) is 0 Å². The van der Waals surface area contributed by atoms with Gasteiger partial charge in [-0.25, -0.2) is 4.39 Å². The second-order valence-electron chi connectivity index (χ2n) is 6.18. The molecule has 3 heteroatoms. The largest absolute Gasteiger partial charge is 0.508 e. The molecule has 0 aliphatic heterocycles. The number of aromatic hydroxyl groups is 2. The summed E-state index contributed by atoms with van der Waals surface area (Å²) in [6.45, 7) is 3.95. The molecule has 0 aliphatic rings. The van der Waals surface area contributed by atoms with Crippen LogP contribution in [0.1, 0.15) is 29.2 Å². The zero-order chi connectivity index (χ0) is 17.3. The fourth-order valence-corrected chi connectivity index (χ4v) is 3.26. The molecule has 0 bridgehead atoms. The average molecular weight is 322 g/mol. The second kappa shape index (κ2) is 6.00. The fourth-order valence-electron chi connectivity index (χ4n) is 3.26. The van der Waals surface area contributed by atoms with Crippen molar-refractivity contribution in [2.24, 2.45) is 0 Å². The molecular formula is C21H19FO2. The highest BCUT2D eigenvalue weighted by Crippen LogP contribution is 2.41. The van der Waals surface area contributed by atoms with Crippen molar-refractivity contribution in [3.8, 4) is 11.5 Å². The highest BCUT2D eigenvalue weighted by atomic mass is 19.1. The van der Waals surface area contributed by atoms with Gasteiger partial charge in [0.2, 0.25) is 0 Å². The van der Waals surface area contributed by atoms with Crippen molar-refractivity contribution < 1.29 is 14.6 Å². The first-order valence-electron chi connectivity index (χ1n) is 7.77. The molecule has 0 amide bonds. The highest BCUT2D eigenvalue weighted by molar-refractivity contribution is 5.53. The molecule has 3 aromatic rings. The van der Waals surface area contributed by atoms with Crippen LogP contribution in [0.3, 0.4) is 0 Å². The molecule has 3 aromatic carbocycles. The standard InChI is InChI=1S/C21H19FO2/c1-14-13-17(22)7-12-20(14)21(2,15-3-8-18(23)9-4-15)16-5-10-19(24)11-6-16/h3-13,23-24H,1-2H3. The van der Waals surface area contributed by atoms with Gasteiger partial charge in [0.15, 0.2) is 0 Å². The zero-order valence-corrected chi connectivity index (χ0v) is 13.6. The number of hydrogen-bond acceptors (Lipinski definition) is 2. The van der Waals surface area contributed by atoms with E-state index in [0.717, 1.165) is 22.3 Å². The highest BCUT2D eigenvalue weighted by Gasteiger charge is 2.32. The summed E-state index contributed by atoms with van der Waals surface area (Å²) in [6, 6.07) is 18.8. The van der Waals surface area contributed by atoms with Crippen molar-refractivity contribution in [1.29, 1.82) is 0 Å².